The molecule has 0 heterocycles. The minimum Gasteiger partial charge on any atom is -0.496 e. The summed E-state index contributed by atoms with van der Waals surface area (Å²) in [7, 11) is 1.60. The highest BCUT2D eigenvalue weighted by Gasteiger charge is 2.42. The highest BCUT2D eigenvalue weighted by Crippen LogP contribution is 2.33. The van der Waals surface area contributed by atoms with Gasteiger partial charge in [-0.25, -0.2) is 0 Å². The molecule has 0 radical (unpaired) electrons. The molecule has 0 aliphatic heterocycles. The van der Waals surface area contributed by atoms with Gasteiger partial charge in [0.1, 0.15) is 11.5 Å². The van der Waals surface area contributed by atoms with Crippen LogP contribution in [-0.2, 0) is 9.59 Å². The number of carbonyl (C=O) groups excluding carboxylic acids is 1. The van der Waals surface area contributed by atoms with Crippen LogP contribution in [0.5, 0.6) is 11.5 Å². The topological polar surface area (TPSA) is 84.9 Å². The predicted octanol–water partition coefficient (Wildman–Crippen LogP) is 2.53. The molecule has 1 aromatic rings. The quantitative estimate of drug-likeness (QED) is 0.834. The van der Waals surface area contributed by atoms with Gasteiger partial charge >= 0.3 is 5.97 Å². The van der Waals surface area contributed by atoms with Gasteiger partial charge in [-0.05, 0) is 50.5 Å². The molecule has 132 valence electrons. The van der Waals surface area contributed by atoms with E-state index in [2.05, 4.69) is 5.32 Å². The number of carboxylic acid groups (broad SMARTS) is 1. The van der Waals surface area contributed by atoms with Crippen LogP contribution in [0, 0.1) is 12.8 Å². The van der Waals surface area contributed by atoms with Gasteiger partial charge in [-0.3, -0.25) is 9.59 Å². The van der Waals surface area contributed by atoms with Crippen LogP contribution < -0.4 is 14.8 Å². The normalized spacial score (nSPS) is 23.4. The molecular formula is C18H25NO5. The first kappa shape index (κ1) is 18.1. The standard InChI is InChI=1S/C18H25NO5/c1-12-10-13(7-8-15(12)23-3)24-11-16(20)19-18(2)9-5-4-6-14(18)17(21)22/h7-8,10,14H,4-6,9,11H2,1-3H3,(H,19,20)(H,21,22). The Morgan fingerprint density at radius 2 is 2.12 bits per heavy atom. The van der Waals surface area contributed by atoms with Gasteiger partial charge in [0.2, 0.25) is 0 Å². The lowest BCUT2D eigenvalue weighted by atomic mass is 9.74. The molecule has 1 aromatic carbocycles. The summed E-state index contributed by atoms with van der Waals surface area (Å²) in [4.78, 5) is 23.6. The summed E-state index contributed by atoms with van der Waals surface area (Å²) in [5, 5.41) is 12.2. The van der Waals surface area contributed by atoms with Gasteiger partial charge in [-0.1, -0.05) is 12.8 Å². The molecule has 2 unspecified atom stereocenters. The second-order valence-electron chi connectivity index (χ2n) is 6.52. The number of rotatable bonds is 6. The second kappa shape index (κ2) is 7.55. The number of hydrogen-bond acceptors (Lipinski definition) is 4. The maximum absolute atomic E-state index is 12.2. The summed E-state index contributed by atoms with van der Waals surface area (Å²) >= 11 is 0. The van der Waals surface area contributed by atoms with Crippen LogP contribution in [0.15, 0.2) is 18.2 Å². The lowest BCUT2D eigenvalue weighted by molar-refractivity contribution is -0.146. The number of nitrogens with one attached hydrogen (secondary N) is 1. The lowest BCUT2D eigenvalue weighted by Gasteiger charge is -2.39. The first-order chi connectivity index (χ1) is 11.4. The van der Waals surface area contributed by atoms with Gasteiger partial charge < -0.3 is 19.9 Å². The van der Waals surface area contributed by atoms with Crippen LogP contribution in [0.4, 0.5) is 0 Å². The van der Waals surface area contributed by atoms with Crippen LogP contribution in [0.1, 0.15) is 38.2 Å². The molecule has 0 bridgehead atoms. The lowest BCUT2D eigenvalue weighted by Crippen LogP contribution is -2.56. The van der Waals surface area contributed by atoms with Crippen LogP contribution in [0.2, 0.25) is 0 Å². The zero-order valence-electron chi connectivity index (χ0n) is 14.4. The highest BCUT2D eigenvalue weighted by molar-refractivity contribution is 5.80. The van der Waals surface area contributed by atoms with E-state index in [0.717, 1.165) is 24.2 Å². The number of amides is 1. The van der Waals surface area contributed by atoms with Crippen molar-refractivity contribution >= 4 is 11.9 Å². The third kappa shape index (κ3) is 4.19. The monoisotopic (exact) mass is 335 g/mol. The van der Waals surface area contributed by atoms with Crippen molar-refractivity contribution in [1.29, 1.82) is 0 Å². The largest absolute Gasteiger partial charge is 0.496 e. The Bertz CT molecular complexity index is 615. The summed E-state index contributed by atoms with van der Waals surface area (Å²) in [6, 6.07) is 5.32. The fourth-order valence-electron chi connectivity index (χ4n) is 3.32. The van der Waals surface area contributed by atoms with Crippen molar-refractivity contribution in [2.75, 3.05) is 13.7 Å². The number of methoxy groups -OCH3 is 1. The maximum atomic E-state index is 12.2. The minimum atomic E-state index is -0.857. The van der Waals surface area contributed by atoms with E-state index in [4.69, 9.17) is 9.47 Å². The molecule has 1 amide bonds. The van der Waals surface area contributed by atoms with Gasteiger partial charge in [0.25, 0.3) is 5.91 Å². The van der Waals surface area contributed by atoms with Gasteiger partial charge in [0.15, 0.2) is 6.61 Å². The average Bonchev–Trinajstić information content (AvgIpc) is 2.52. The molecular weight excluding hydrogens is 310 g/mol. The summed E-state index contributed by atoms with van der Waals surface area (Å²) in [5.74, 6) is -0.389. The minimum absolute atomic E-state index is 0.145. The molecule has 0 aromatic heterocycles. The number of ether oxygens (including phenoxy) is 2. The summed E-state index contributed by atoms with van der Waals surface area (Å²) < 4.78 is 10.7. The van der Waals surface area contributed by atoms with Gasteiger partial charge in [-0.15, -0.1) is 0 Å². The molecule has 2 rings (SSSR count). The SMILES string of the molecule is COc1ccc(OCC(=O)NC2(C)CCCCC2C(=O)O)cc1C. The van der Waals surface area contributed by atoms with Crippen LogP contribution in [-0.4, -0.2) is 36.2 Å². The molecule has 0 saturated heterocycles. The number of aliphatic carboxylic acids is 1. The highest BCUT2D eigenvalue weighted by atomic mass is 16.5. The molecule has 1 aliphatic rings. The van der Waals surface area contributed by atoms with E-state index < -0.39 is 17.4 Å². The smallest absolute Gasteiger partial charge is 0.308 e. The van der Waals surface area contributed by atoms with E-state index >= 15 is 0 Å². The average molecular weight is 335 g/mol. The van der Waals surface area contributed by atoms with Crippen molar-refractivity contribution in [2.24, 2.45) is 5.92 Å². The fourth-order valence-corrected chi connectivity index (χ4v) is 3.32. The number of aryl methyl sites for hydroxylation is 1. The van der Waals surface area contributed by atoms with Crippen molar-refractivity contribution in [3.8, 4) is 11.5 Å². The van der Waals surface area contributed by atoms with Gasteiger partial charge in [0.05, 0.1) is 18.6 Å². The number of carboxylic acids is 1. The summed E-state index contributed by atoms with van der Waals surface area (Å²) in [5.41, 5.74) is 0.195. The molecule has 24 heavy (non-hydrogen) atoms. The van der Waals surface area contributed by atoms with Crippen molar-refractivity contribution in [3.05, 3.63) is 23.8 Å². The number of benzene rings is 1. The van der Waals surface area contributed by atoms with Gasteiger partial charge in [-0.2, -0.15) is 0 Å². The van der Waals surface area contributed by atoms with Crippen molar-refractivity contribution in [3.63, 3.8) is 0 Å². The van der Waals surface area contributed by atoms with Crippen molar-refractivity contribution in [2.45, 2.75) is 45.1 Å². The predicted molar refractivity (Wildman–Crippen MR) is 89.4 cm³/mol. The Morgan fingerprint density at radius 3 is 2.75 bits per heavy atom. The molecule has 2 N–H and O–H groups in total. The third-order valence-electron chi connectivity index (χ3n) is 4.67. The first-order valence-electron chi connectivity index (χ1n) is 8.17. The molecule has 2 atom stereocenters. The molecule has 1 saturated carbocycles. The van der Waals surface area contributed by atoms with Gasteiger partial charge in [0, 0.05) is 0 Å². The molecule has 0 spiro atoms. The van der Waals surface area contributed by atoms with Crippen molar-refractivity contribution < 1.29 is 24.2 Å². The Labute approximate surface area is 142 Å². The Balaban J connectivity index is 1.95. The number of carbonyl (C=O) groups is 2. The van der Waals surface area contributed by atoms with E-state index in [-0.39, 0.29) is 12.5 Å². The van der Waals surface area contributed by atoms with E-state index in [0.29, 0.717) is 18.6 Å². The zero-order valence-corrected chi connectivity index (χ0v) is 14.4. The maximum Gasteiger partial charge on any atom is 0.308 e. The summed E-state index contributed by atoms with van der Waals surface area (Å²) in [6.45, 7) is 3.56. The third-order valence-corrected chi connectivity index (χ3v) is 4.67. The van der Waals surface area contributed by atoms with E-state index in [1.165, 1.54) is 0 Å². The molecule has 6 heteroatoms. The van der Waals surface area contributed by atoms with E-state index in [9.17, 15) is 14.7 Å². The Kier molecular flexibility index (Phi) is 5.70. The number of hydrogen-bond donors (Lipinski definition) is 2. The van der Waals surface area contributed by atoms with Crippen LogP contribution in [0.3, 0.4) is 0 Å². The fraction of sp³-hybridized carbons (Fsp3) is 0.556. The second-order valence-corrected chi connectivity index (χ2v) is 6.52. The first-order valence-corrected chi connectivity index (χ1v) is 8.17. The molecule has 1 fully saturated rings. The van der Waals surface area contributed by atoms with E-state index in [1.807, 2.05) is 6.92 Å². The molecule has 1 aliphatic carbocycles. The molecule has 6 nitrogen and oxygen atoms in total. The Morgan fingerprint density at radius 1 is 1.38 bits per heavy atom. The Hall–Kier alpha value is -2.24. The zero-order chi connectivity index (χ0) is 17.7. The van der Waals surface area contributed by atoms with Crippen molar-refractivity contribution in [1.82, 2.24) is 5.32 Å². The van der Waals surface area contributed by atoms with E-state index in [1.54, 1.807) is 32.2 Å². The summed E-state index contributed by atoms with van der Waals surface area (Å²) in [6.07, 6.45) is 3.05. The van der Waals surface area contributed by atoms with Crippen LogP contribution >= 0.6 is 0 Å². The van der Waals surface area contributed by atoms with Crippen LogP contribution in [0.25, 0.3) is 0 Å².